The summed E-state index contributed by atoms with van der Waals surface area (Å²) in [4.78, 5) is 16.5. The molecular weight excluding hydrogens is 388 g/mol. The molecule has 0 aliphatic carbocycles. The van der Waals surface area contributed by atoms with Crippen molar-refractivity contribution in [3.8, 4) is 11.5 Å². The number of benzene rings is 1. The second-order valence-electron chi connectivity index (χ2n) is 7.83. The van der Waals surface area contributed by atoms with Gasteiger partial charge in [-0.1, -0.05) is 0 Å². The first kappa shape index (κ1) is 23.8. The van der Waals surface area contributed by atoms with Gasteiger partial charge >= 0.3 is 0 Å². The summed E-state index contributed by atoms with van der Waals surface area (Å²) in [5.41, 5.74) is 0.471. The van der Waals surface area contributed by atoms with Gasteiger partial charge in [-0.05, 0) is 32.9 Å². The first-order valence-electron chi connectivity index (χ1n) is 10.2. The van der Waals surface area contributed by atoms with Crippen molar-refractivity contribution in [2.24, 2.45) is 4.99 Å². The van der Waals surface area contributed by atoms with Gasteiger partial charge in [0, 0.05) is 37.4 Å². The summed E-state index contributed by atoms with van der Waals surface area (Å²) >= 11 is 0. The summed E-state index contributed by atoms with van der Waals surface area (Å²) in [5.74, 6) is 1.73. The van der Waals surface area contributed by atoms with Gasteiger partial charge in [0.25, 0.3) is 0 Å². The van der Waals surface area contributed by atoms with E-state index in [9.17, 15) is 4.79 Å². The molecule has 9 heteroatoms. The fourth-order valence-electron chi connectivity index (χ4n) is 2.61. The Kier molecular flexibility index (Phi) is 9.69. The third-order valence-corrected chi connectivity index (χ3v) is 3.88. The topological polar surface area (TPSA) is 102 Å². The summed E-state index contributed by atoms with van der Waals surface area (Å²) < 4.78 is 21.8. The fraction of sp³-hybridized carbons (Fsp3) is 0.619. The molecular formula is C21H34N4O5. The molecule has 168 valence electrons. The molecule has 1 amide bonds. The molecule has 0 atom stereocenters. The number of guanidine groups is 1. The average Bonchev–Trinajstić information content (AvgIpc) is 2.92. The van der Waals surface area contributed by atoms with Gasteiger partial charge in [-0.15, -0.1) is 0 Å². The van der Waals surface area contributed by atoms with E-state index >= 15 is 0 Å². The average molecular weight is 423 g/mol. The SMILES string of the molecule is COCCOCCNC(=NCC(=O)NC(C)(C)C)Nc1ccc2c(c1)OCCCO2. The molecule has 30 heavy (non-hydrogen) atoms. The van der Waals surface area contributed by atoms with Crippen molar-refractivity contribution in [1.82, 2.24) is 10.6 Å². The molecule has 2 rings (SSSR count). The highest BCUT2D eigenvalue weighted by molar-refractivity contribution is 5.95. The number of rotatable bonds is 9. The van der Waals surface area contributed by atoms with Crippen molar-refractivity contribution < 1.29 is 23.7 Å². The molecule has 3 N–H and O–H groups in total. The van der Waals surface area contributed by atoms with Gasteiger partial charge in [-0.2, -0.15) is 0 Å². The Morgan fingerprint density at radius 3 is 2.63 bits per heavy atom. The number of hydrogen-bond acceptors (Lipinski definition) is 6. The maximum absolute atomic E-state index is 12.1. The van der Waals surface area contributed by atoms with E-state index in [0.29, 0.717) is 51.3 Å². The summed E-state index contributed by atoms with van der Waals surface area (Å²) in [6, 6.07) is 5.61. The monoisotopic (exact) mass is 422 g/mol. The van der Waals surface area contributed by atoms with E-state index in [1.54, 1.807) is 7.11 Å². The van der Waals surface area contributed by atoms with Crippen LogP contribution >= 0.6 is 0 Å². The molecule has 9 nitrogen and oxygen atoms in total. The summed E-state index contributed by atoms with van der Waals surface area (Å²) in [7, 11) is 1.63. The number of carbonyl (C=O) groups is 1. The highest BCUT2D eigenvalue weighted by Crippen LogP contribution is 2.32. The minimum absolute atomic E-state index is 0.00167. The molecule has 0 saturated heterocycles. The number of amides is 1. The Balaban J connectivity index is 1.99. The molecule has 1 aromatic carbocycles. The molecule has 1 aromatic rings. The molecule has 0 unspecified atom stereocenters. The molecule has 1 aliphatic heterocycles. The van der Waals surface area contributed by atoms with Gasteiger partial charge in [0.05, 0.1) is 33.0 Å². The van der Waals surface area contributed by atoms with Gasteiger partial charge in [-0.25, -0.2) is 4.99 Å². The molecule has 1 heterocycles. The third-order valence-electron chi connectivity index (χ3n) is 3.88. The van der Waals surface area contributed by atoms with E-state index in [1.165, 1.54) is 0 Å². The van der Waals surface area contributed by atoms with Crippen molar-refractivity contribution in [2.45, 2.75) is 32.7 Å². The summed E-state index contributed by atoms with van der Waals surface area (Å²) in [5, 5.41) is 9.29. The zero-order valence-electron chi connectivity index (χ0n) is 18.4. The molecule has 0 fully saturated rings. The van der Waals surface area contributed by atoms with Gasteiger partial charge < -0.3 is 34.9 Å². The number of ether oxygens (including phenoxy) is 4. The normalized spacial score (nSPS) is 14.1. The lowest BCUT2D eigenvalue weighted by Gasteiger charge is -2.20. The molecule has 0 aromatic heterocycles. The number of methoxy groups -OCH3 is 1. The first-order valence-corrected chi connectivity index (χ1v) is 10.2. The van der Waals surface area contributed by atoms with Gasteiger partial charge in [0.1, 0.15) is 6.54 Å². The van der Waals surface area contributed by atoms with Crippen molar-refractivity contribution in [3.63, 3.8) is 0 Å². The molecule has 0 saturated carbocycles. The van der Waals surface area contributed by atoms with Crippen LogP contribution in [0.1, 0.15) is 27.2 Å². The van der Waals surface area contributed by atoms with E-state index < -0.39 is 0 Å². The molecule has 0 bridgehead atoms. The Morgan fingerprint density at radius 2 is 1.90 bits per heavy atom. The quantitative estimate of drug-likeness (QED) is 0.317. The van der Waals surface area contributed by atoms with Crippen molar-refractivity contribution in [1.29, 1.82) is 0 Å². The smallest absolute Gasteiger partial charge is 0.242 e. The molecule has 1 aliphatic rings. The van der Waals surface area contributed by atoms with E-state index in [2.05, 4.69) is 20.9 Å². The number of aliphatic imine (C=N–C) groups is 1. The van der Waals surface area contributed by atoms with Crippen LogP contribution in [0.5, 0.6) is 11.5 Å². The summed E-state index contributed by atoms with van der Waals surface area (Å²) in [6.45, 7) is 9.13. The maximum Gasteiger partial charge on any atom is 0.242 e. The molecule has 0 radical (unpaired) electrons. The number of fused-ring (bicyclic) bond motifs is 1. The highest BCUT2D eigenvalue weighted by atomic mass is 16.5. The van der Waals surface area contributed by atoms with Crippen LogP contribution in [0.15, 0.2) is 23.2 Å². The second kappa shape index (κ2) is 12.2. The van der Waals surface area contributed by atoms with E-state index in [4.69, 9.17) is 18.9 Å². The number of carbonyl (C=O) groups excluding carboxylic acids is 1. The van der Waals surface area contributed by atoms with Crippen LogP contribution in [0.3, 0.4) is 0 Å². The van der Waals surface area contributed by atoms with Crippen LogP contribution < -0.4 is 25.4 Å². The lowest BCUT2D eigenvalue weighted by molar-refractivity contribution is -0.121. The predicted octanol–water partition coefficient (Wildman–Crippen LogP) is 1.78. The van der Waals surface area contributed by atoms with Crippen LogP contribution in [0.4, 0.5) is 5.69 Å². The minimum Gasteiger partial charge on any atom is -0.490 e. The number of nitrogens with zero attached hydrogens (tertiary/aromatic N) is 1. The Labute approximate surface area is 178 Å². The van der Waals surface area contributed by atoms with E-state index in [0.717, 1.165) is 17.9 Å². The van der Waals surface area contributed by atoms with Crippen LogP contribution in [0.25, 0.3) is 0 Å². The van der Waals surface area contributed by atoms with Crippen molar-refractivity contribution >= 4 is 17.6 Å². The van der Waals surface area contributed by atoms with Crippen molar-refractivity contribution in [2.75, 3.05) is 58.6 Å². The number of nitrogens with one attached hydrogen (secondary N) is 3. The minimum atomic E-state index is -0.308. The second-order valence-corrected chi connectivity index (χ2v) is 7.83. The Morgan fingerprint density at radius 1 is 1.13 bits per heavy atom. The van der Waals surface area contributed by atoms with E-state index in [1.807, 2.05) is 39.0 Å². The fourth-order valence-corrected chi connectivity index (χ4v) is 2.61. The zero-order chi connectivity index (χ0) is 21.8. The molecule has 0 spiro atoms. The lowest BCUT2D eigenvalue weighted by Crippen LogP contribution is -2.42. The standard InChI is InChI=1S/C21H34N4O5/c1-21(2,3)25-19(26)15-23-20(22-8-11-28-13-12-27-4)24-16-6-7-17-18(14-16)30-10-5-9-29-17/h6-7,14H,5,8-13,15H2,1-4H3,(H,25,26)(H2,22,23,24). The van der Waals surface area contributed by atoms with Crippen LogP contribution in [-0.2, 0) is 14.3 Å². The summed E-state index contributed by atoms with van der Waals surface area (Å²) in [6.07, 6.45) is 0.845. The van der Waals surface area contributed by atoms with Gasteiger partial charge in [0.15, 0.2) is 17.5 Å². The maximum atomic E-state index is 12.1. The van der Waals surface area contributed by atoms with Gasteiger partial charge in [0.2, 0.25) is 5.91 Å². The lowest BCUT2D eigenvalue weighted by atomic mass is 10.1. The van der Waals surface area contributed by atoms with E-state index in [-0.39, 0.29) is 18.0 Å². The number of anilines is 1. The van der Waals surface area contributed by atoms with Crippen LogP contribution in [-0.4, -0.2) is 70.6 Å². The van der Waals surface area contributed by atoms with Crippen LogP contribution in [0, 0.1) is 0 Å². The largest absolute Gasteiger partial charge is 0.490 e. The highest BCUT2D eigenvalue weighted by Gasteiger charge is 2.14. The van der Waals surface area contributed by atoms with Crippen LogP contribution in [0.2, 0.25) is 0 Å². The predicted molar refractivity (Wildman–Crippen MR) is 117 cm³/mol. The van der Waals surface area contributed by atoms with Crippen molar-refractivity contribution in [3.05, 3.63) is 18.2 Å². The first-order chi connectivity index (χ1) is 14.4. The third kappa shape index (κ3) is 9.32. The Hall–Kier alpha value is -2.52. The Bertz CT molecular complexity index is 703. The zero-order valence-corrected chi connectivity index (χ0v) is 18.4. The number of hydrogen-bond donors (Lipinski definition) is 3. The van der Waals surface area contributed by atoms with Gasteiger partial charge in [-0.3, -0.25) is 4.79 Å².